The third kappa shape index (κ3) is 3.25. The Bertz CT molecular complexity index is 378. The number of nitrogens with one attached hydrogen (secondary N) is 1. The van der Waals surface area contributed by atoms with E-state index in [2.05, 4.69) is 15.2 Å². The summed E-state index contributed by atoms with van der Waals surface area (Å²) in [6.07, 6.45) is 9.08. The topological polar surface area (TPSA) is 37.4 Å². The maximum atomic E-state index is 5.89. The van der Waals surface area contributed by atoms with Gasteiger partial charge in [-0.15, -0.1) is 0 Å². The predicted octanol–water partition coefficient (Wildman–Crippen LogP) is 1.68. The molecule has 0 amide bonds. The quantitative estimate of drug-likeness (QED) is 0.895. The highest BCUT2D eigenvalue weighted by Crippen LogP contribution is 2.25. The lowest BCUT2D eigenvalue weighted by atomic mass is 10.1. The van der Waals surface area contributed by atoms with Crippen molar-refractivity contribution in [1.29, 1.82) is 0 Å². The average molecular weight is 261 g/mol. The molecule has 1 saturated heterocycles. The van der Waals surface area contributed by atoms with Gasteiger partial charge >= 0.3 is 0 Å². The Balaban J connectivity index is 1.57. The molecular weight excluding hydrogens is 238 g/mol. The van der Waals surface area contributed by atoms with Crippen molar-refractivity contribution in [2.24, 2.45) is 0 Å². The first-order valence-electron chi connectivity index (χ1n) is 7.43. The molecule has 2 fully saturated rings. The van der Waals surface area contributed by atoms with Crippen LogP contribution in [0.15, 0.2) is 24.5 Å². The molecule has 1 N–H and O–H groups in total. The minimum Gasteiger partial charge on any atom is -0.490 e. The van der Waals surface area contributed by atoms with E-state index in [1.54, 1.807) is 12.4 Å². The van der Waals surface area contributed by atoms with E-state index in [0.29, 0.717) is 6.04 Å². The standard InChI is InChI=1S/C15H23N3O/c1-2-5-13(4-1)18-9-8-17-10-14(18)12-19-15-6-3-7-16-11-15/h3,6-7,11,13-14,17H,1-2,4-5,8-10,12H2. The van der Waals surface area contributed by atoms with Crippen molar-refractivity contribution in [3.8, 4) is 5.75 Å². The molecule has 1 aliphatic heterocycles. The van der Waals surface area contributed by atoms with Crippen molar-refractivity contribution in [3.63, 3.8) is 0 Å². The first-order valence-corrected chi connectivity index (χ1v) is 7.43. The maximum absolute atomic E-state index is 5.89. The zero-order valence-electron chi connectivity index (χ0n) is 11.4. The molecule has 104 valence electrons. The number of pyridine rings is 1. The number of hydrogen-bond acceptors (Lipinski definition) is 4. The summed E-state index contributed by atoms with van der Waals surface area (Å²) >= 11 is 0. The van der Waals surface area contributed by atoms with Gasteiger partial charge in [0.2, 0.25) is 0 Å². The fourth-order valence-electron chi connectivity index (χ4n) is 3.27. The SMILES string of the molecule is c1cncc(OCC2CNCCN2C2CCCC2)c1. The lowest BCUT2D eigenvalue weighted by molar-refractivity contribution is 0.0723. The van der Waals surface area contributed by atoms with E-state index in [0.717, 1.165) is 38.0 Å². The Hall–Kier alpha value is -1.13. The van der Waals surface area contributed by atoms with Crippen LogP contribution in [-0.2, 0) is 0 Å². The van der Waals surface area contributed by atoms with E-state index < -0.39 is 0 Å². The van der Waals surface area contributed by atoms with Gasteiger partial charge in [0.15, 0.2) is 0 Å². The van der Waals surface area contributed by atoms with E-state index in [4.69, 9.17) is 4.74 Å². The molecule has 0 radical (unpaired) electrons. The third-order valence-corrected chi connectivity index (χ3v) is 4.27. The van der Waals surface area contributed by atoms with Crippen molar-refractivity contribution < 1.29 is 4.74 Å². The van der Waals surface area contributed by atoms with Gasteiger partial charge in [-0.25, -0.2) is 0 Å². The molecule has 1 saturated carbocycles. The first-order chi connectivity index (χ1) is 9.43. The molecule has 3 rings (SSSR count). The first kappa shape index (κ1) is 12.9. The summed E-state index contributed by atoms with van der Waals surface area (Å²) < 4.78 is 5.89. The molecule has 4 heteroatoms. The summed E-state index contributed by atoms with van der Waals surface area (Å²) in [5, 5.41) is 3.49. The van der Waals surface area contributed by atoms with Gasteiger partial charge in [0, 0.05) is 31.9 Å². The summed E-state index contributed by atoms with van der Waals surface area (Å²) in [7, 11) is 0. The van der Waals surface area contributed by atoms with E-state index >= 15 is 0 Å². The van der Waals surface area contributed by atoms with Gasteiger partial charge in [0.25, 0.3) is 0 Å². The Morgan fingerprint density at radius 3 is 3.05 bits per heavy atom. The number of nitrogens with zero attached hydrogens (tertiary/aromatic N) is 2. The third-order valence-electron chi connectivity index (χ3n) is 4.27. The van der Waals surface area contributed by atoms with Gasteiger partial charge < -0.3 is 10.1 Å². The summed E-state index contributed by atoms with van der Waals surface area (Å²) in [6.45, 7) is 4.07. The van der Waals surface area contributed by atoms with Crippen molar-refractivity contribution >= 4 is 0 Å². The second-order valence-electron chi connectivity index (χ2n) is 5.53. The average Bonchev–Trinajstić information content (AvgIpc) is 3.01. The summed E-state index contributed by atoms with van der Waals surface area (Å²) in [4.78, 5) is 6.76. The van der Waals surface area contributed by atoms with Gasteiger partial charge in [0.05, 0.1) is 12.2 Å². The largest absolute Gasteiger partial charge is 0.490 e. The van der Waals surface area contributed by atoms with Crippen LogP contribution in [0.4, 0.5) is 0 Å². The number of rotatable bonds is 4. The monoisotopic (exact) mass is 261 g/mol. The second kappa shape index (κ2) is 6.35. The Kier molecular flexibility index (Phi) is 4.30. The molecule has 1 atom stereocenters. The van der Waals surface area contributed by atoms with Crippen molar-refractivity contribution in [2.45, 2.75) is 37.8 Å². The normalized spacial score (nSPS) is 25.6. The zero-order valence-corrected chi connectivity index (χ0v) is 11.4. The summed E-state index contributed by atoms with van der Waals surface area (Å²) in [5.74, 6) is 0.874. The minimum atomic E-state index is 0.497. The van der Waals surface area contributed by atoms with Crippen LogP contribution in [0.5, 0.6) is 5.75 Å². The molecule has 2 aliphatic rings. The van der Waals surface area contributed by atoms with Gasteiger partial charge in [-0.05, 0) is 25.0 Å². The molecule has 1 unspecified atom stereocenters. The maximum Gasteiger partial charge on any atom is 0.137 e. The van der Waals surface area contributed by atoms with Crippen molar-refractivity contribution in [3.05, 3.63) is 24.5 Å². The summed E-state index contributed by atoms with van der Waals surface area (Å²) in [5.41, 5.74) is 0. The van der Waals surface area contributed by atoms with Crippen LogP contribution in [-0.4, -0.2) is 48.2 Å². The smallest absolute Gasteiger partial charge is 0.137 e. The fourth-order valence-corrected chi connectivity index (χ4v) is 3.27. The molecule has 19 heavy (non-hydrogen) atoms. The lowest BCUT2D eigenvalue weighted by Crippen LogP contribution is -2.56. The van der Waals surface area contributed by atoms with Crippen LogP contribution in [0.25, 0.3) is 0 Å². The van der Waals surface area contributed by atoms with Gasteiger partial charge in [-0.1, -0.05) is 12.8 Å². The number of piperazine rings is 1. The van der Waals surface area contributed by atoms with E-state index in [1.165, 1.54) is 25.7 Å². The molecule has 1 aromatic rings. The van der Waals surface area contributed by atoms with E-state index in [-0.39, 0.29) is 0 Å². The van der Waals surface area contributed by atoms with Gasteiger partial charge in [-0.3, -0.25) is 9.88 Å². The summed E-state index contributed by atoms with van der Waals surface area (Å²) in [6, 6.07) is 5.17. The van der Waals surface area contributed by atoms with Gasteiger partial charge in [-0.2, -0.15) is 0 Å². The van der Waals surface area contributed by atoms with Crippen LogP contribution < -0.4 is 10.1 Å². The highest BCUT2D eigenvalue weighted by Gasteiger charge is 2.30. The van der Waals surface area contributed by atoms with Gasteiger partial charge in [0.1, 0.15) is 12.4 Å². The van der Waals surface area contributed by atoms with Crippen LogP contribution in [0.2, 0.25) is 0 Å². The molecule has 2 heterocycles. The molecule has 0 aromatic carbocycles. The van der Waals surface area contributed by atoms with E-state index in [1.807, 2.05) is 12.1 Å². The minimum absolute atomic E-state index is 0.497. The second-order valence-corrected chi connectivity index (χ2v) is 5.53. The molecule has 0 spiro atoms. The highest BCUT2D eigenvalue weighted by atomic mass is 16.5. The Morgan fingerprint density at radius 2 is 2.26 bits per heavy atom. The molecule has 1 aliphatic carbocycles. The van der Waals surface area contributed by atoms with Crippen LogP contribution in [0.3, 0.4) is 0 Å². The fraction of sp³-hybridized carbons (Fsp3) is 0.667. The number of aromatic nitrogens is 1. The number of ether oxygens (including phenoxy) is 1. The molecule has 0 bridgehead atoms. The zero-order chi connectivity index (χ0) is 12.9. The highest BCUT2D eigenvalue weighted by molar-refractivity contribution is 5.15. The molecule has 4 nitrogen and oxygen atoms in total. The van der Waals surface area contributed by atoms with Crippen LogP contribution in [0.1, 0.15) is 25.7 Å². The lowest BCUT2D eigenvalue weighted by Gasteiger charge is -2.40. The predicted molar refractivity (Wildman–Crippen MR) is 75.4 cm³/mol. The molecule has 1 aromatic heterocycles. The Morgan fingerprint density at radius 1 is 1.37 bits per heavy atom. The molecular formula is C15H23N3O. The number of hydrogen-bond donors (Lipinski definition) is 1. The van der Waals surface area contributed by atoms with Crippen molar-refractivity contribution in [2.75, 3.05) is 26.2 Å². The van der Waals surface area contributed by atoms with Crippen LogP contribution in [0, 0.1) is 0 Å². The van der Waals surface area contributed by atoms with Crippen LogP contribution >= 0.6 is 0 Å². The Labute approximate surface area is 115 Å². The van der Waals surface area contributed by atoms with Crippen molar-refractivity contribution in [1.82, 2.24) is 15.2 Å². The van der Waals surface area contributed by atoms with E-state index in [9.17, 15) is 0 Å².